The maximum Gasteiger partial charge on any atom is 0.341 e. The molecular formula is C17H20O4. The van der Waals surface area contributed by atoms with E-state index in [2.05, 4.69) is 0 Å². The average Bonchev–Trinajstić information content (AvgIpc) is 2.54. The fraction of sp³-hybridized carbons (Fsp3) is 0.412. The van der Waals surface area contributed by atoms with Gasteiger partial charge in [0.1, 0.15) is 5.57 Å². The number of allylic oxidation sites excluding steroid dienone is 1. The third-order valence-electron chi connectivity index (χ3n) is 3.44. The predicted molar refractivity (Wildman–Crippen MR) is 79.0 cm³/mol. The first-order chi connectivity index (χ1) is 10.2. The lowest BCUT2D eigenvalue weighted by Gasteiger charge is -2.19. The van der Waals surface area contributed by atoms with E-state index in [-0.39, 0.29) is 23.9 Å². The molecule has 0 unspecified atom stereocenters. The summed E-state index contributed by atoms with van der Waals surface area (Å²) in [5, 5.41) is 0. The van der Waals surface area contributed by atoms with Crippen LogP contribution in [0.1, 0.15) is 30.1 Å². The Kier molecular flexibility index (Phi) is 5.69. The van der Waals surface area contributed by atoms with Crippen molar-refractivity contribution >= 4 is 11.8 Å². The molecule has 1 heterocycles. The zero-order valence-electron chi connectivity index (χ0n) is 12.2. The summed E-state index contributed by atoms with van der Waals surface area (Å²) in [6.45, 7) is 3.32. The van der Waals surface area contributed by atoms with Gasteiger partial charge >= 0.3 is 5.97 Å². The van der Waals surface area contributed by atoms with Gasteiger partial charge in [-0.25, -0.2) is 4.79 Å². The Morgan fingerprint density at radius 2 is 1.90 bits per heavy atom. The molecular weight excluding hydrogens is 268 g/mol. The largest absolute Gasteiger partial charge is 0.462 e. The summed E-state index contributed by atoms with van der Waals surface area (Å²) < 4.78 is 10.3. The highest BCUT2D eigenvalue weighted by molar-refractivity contribution is 6.24. The van der Waals surface area contributed by atoms with Gasteiger partial charge in [0.2, 0.25) is 0 Å². The molecule has 0 atom stereocenters. The summed E-state index contributed by atoms with van der Waals surface area (Å²) in [4.78, 5) is 24.6. The Morgan fingerprint density at radius 3 is 2.52 bits per heavy atom. The molecule has 1 saturated heterocycles. The van der Waals surface area contributed by atoms with Crippen LogP contribution in [-0.2, 0) is 14.3 Å². The second kappa shape index (κ2) is 7.74. The molecule has 1 aliphatic heterocycles. The second-order valence-electron chi connectivity index (χ2n) is 4.95. The van der Waals surface area contributed by atoms with Crippen molar-refractivity contribution in [2.75, 3.05) is 19.8 Å². The van der Waals surface area contributed by atoms with Crippen LogP contribution in [0, 0.1) is 5.92 Å². The Morgan fingerprint density at radius 1 is 1.24 bits per heavy atom. The predicted octanol–water partition coefficient (Wildman–Crippen LogP) is 2.79. The Labute approximate surface area is 124 Å². The van der Waals surface area contributed by atoms with E-state index in [0.717, 1.165) is 12.8 Å². The smallest absolute Gasteiger partial charge is 0.341 e. The summed E-state index contributed by atoms with van der Waals surface area (Å²) in [6, 6.07) is 8.82. The van der Waals surface area contributed by atoms with Crippen molar-refractivity contribution < 1.29 is 19.1 Å². The molecule has 0 radical (unpaired) electrons. The molecule has 1 aromatic rings. The summed E-state index contributed by atoms with van der Waals surface area (Å²) in [7, 11) is 0. The first kappa shape index (κ1) is 15.4. The maximum absolute atomic E-state index is 12.5. The fourth-order valence-electron chi connectivity index (χ4n) is 2.31. The van der Waals surface area contributed by atoms with Crippen LogP contribution in [0.5, 0.6) is 0 Å². The van der Waals surface area contributed by atoms with E-state index in [1.807, 2.05) is 6.07 Å². The van der Waals surface area contributed by atoms with Crippen molar-refractivity contribution in [3.8, 4) is 0 Å². The van der Waals surface area contributed by atoms with E-state index < -0.39 is 5.97 Å². The van der Waals surface area contributed by atoms with Crippen LogP contribution in [-0.4, -0.2) is 31.6 Å². The van der Waals surface area contributed by atoms with Gasteiger partial charge in [0, 0.05) is 18.8 Å². The van der Waals surface area contributed by atoms with Crippen molar-refractivity contribution in [1.82, 2.24) is 0 Å². The molecule has 0 aromatic heterocycles. The normalized spacial score (nSPS) is 16.5. The van der Waals surface area contributed by atoms with Gasteiger partial charge in [0.05, 0.1) is 6.61 Å². The maximum atomic E-state index is 12.5. The lowest BCUT2D eigenvalue weighted by Crippen LogP contribution is -2.20. The number of carbonyl (C=O) groups is 2. The highest BCUT2D eigenvalue weighted by Gasteiger charge is 2.23. The van der Waals surface area contributed by atoms with Crippen LogP contribution in [0.2, 0.25) is 0 Å². The van der Waals surface area contributed by atoms with E-state index in [9.17, 15) is 9.59 Å². The quantitative estimate of drug-likeness (QED) is 0.275. The first-order valence-electron chi connectivity index (χ1n) is 7.28. The molecule has 0 spiro atoms. The van der Waals surface area contributed by atoms with Crippen LogP contribution >= 0.6 is 0 Å². The summed E-state index contributed by atoms with van der Waals surface area (Å²) in [5.41, 5.74) is 0.638. The zero-order chi connectivity index (χ0) is 15.1. The van der Waals surface area contributed by atoms with E-state index in [4.69, 9.17) is 9.47 Å². The molecule has 2 rings (SSSR count). The molecule has 112 valence electrons. The average molecular weight is 288 g/mol. The van der Waals surface area contributed by atoms with Crippen molar-refractivity contribution in [2.24, 2.45) is 5.92 Å². The molecule has 0 amide bonds. The number of ketones is 1. The number of hydrogen-bond donors (Lipinski definition) is 0. The molecule has 4 heteroatoms. The van der Waals surface area contributed by atoms with Gasteiger partial charge < -0.3 is 9.47 Å². The van der Waals surface area contributed by atoms with Crippen LogP contribution < -0.4 is 0 Å². The fourth-order valence-corrected chi connectivity index (χ4v) is 2.31. The van der Waals surface area contributed by atoms with Gasteiger partial charge in [-0.3, -0.25) is 4.79 Å². The number of benzene rings is 1. The van der Waals surface area contributed by atoms with Crippen molar-refractivity contribution in [1.29, 1.82) is 0 Å². The first-order valence-corrected chi connectivity index (χ1v) is 7.28. The van der Waals surface area contributed by atoms with Gasteiger partial charge in [-0.05, 0) is 25.7 Å². The van der Waals surface area contributed by atoms with Crippen LogP contribution in [0.3, 0.4) is 0 Å². The molecule has 1 fully saturated rings. The minimum atomic E-state index is -0.544. The van der Waals surface area contributed by atoms with Crippen LogP contribution in [0.15, 0.2) is 42.0 Å². The van der Waals surface area contributed by atoms with E-state index in [1.165, 1.54) is 0 Å². The van der Waals surface area contributed by atoms with Crippen molar-refractivity contribution in [2.45, 2.75) is 19.8 Å². The number of esters is 1. The van der Waals surface area contributed by atoms with Crippen molar-refractivity contribution in [3.05, 3.63) is 47.5 Å². The van der Waals surface area contributed by atoms with Gasteiger partial charge in [-0.1, -0.05) is 36.4 Å². The summed E-state index contributed by atoms with van der Waals surface area (Å²) >= 11 is 0. The molecule has 1 aliphatic rings. The minimum absolute atomic E-state index is 0.134. The lowest BCUT2D eigenvalue weighted by molar-refractivity contribution is -0.138. The van der Waals surface area contributed by atoms with Gasteiger partial charge in [0.15, 0.2) is 5.78 Å². The number of ether oxygens (including phenoxy) is 2. The lowest BCUT2D eigenvalue weighted by atomic mass is 9.94. The Bertz CT molecular complexity index is 513. The molecule has 0 N–H and O–H groups in total. The van der Waals surface area contributed by atoms with Gasteiger partial charge in [0.25, 0.3) is 0 Å². The number of carbonyl (C=O) groups excluding carboxylic acids is 2. The minimum Gasteiger partial charge on any atom is -0.462 e. The van der Waals surface area contributed by atoms with Crippen LogP contribution in [0.4, 0.5) is 0 Å². The molecule has 0 aliphatic carbocycles. The highest BCUT2D eigenvalue weighted by Crippen LogP contribution is 2.20. The van der Waals surface area contributed by atoms with Crippen LogP contribution in [0.25, 0.3) is 0 Å². The monoisotopic (exact) mass is 288 g/mol. The third-order valence-corrected chi connectivity index (χ3v) is 3.44. The van der Waals surface area contributed by atoms with E-state index in [1.54, 1.807) is 37.3 Å². The molecule has 21 heavy (non-hydrogen) atoms. The zero-order valence-corrected chi connectivity index (χ0v) is 12.2. The number of Topliss-reactive ketones (excluding diaryl/α,β-unsaturated/α-hetero) is 1. The van der Waals surface area contributed by atoms with Gasteiger partial charge in [-0.2, -0.15) is 0 Å². The molecule has 1 aromatic carbocycles. The van der Waals surface area contributed by atoms with E-state index >= 15 is 0 Å². The van der Waals surface area contributed by atoms with Gasteiger partial charge in [-0.15, -0.1) is 0 Å². The molecule has 4 nitrogen and oxygen atoms in total. The number of rotatable bonds is 5. The molecule has 0 bridgehead atoms. The standard InChI is InChI=1S/C17H20O4/c1-2-21-17(19)15(12-13-8-10-20-11-9-13)16(18)14-6-4-3-5-7-14/h3-7,12-13H,2,8-11H2,1H3. The second-order valence-corrected chi connectivity index (χ2v) is 4.95. The SMILES string of the molecule is CCOC(=O)C(=CC1CCOCC1)C(=O)c1ccccc1. The highest BCUT2D eigenvalue weighted by atomic mass is 16.5. The Hall–Kier alpha value is -1.94. The van der Waals surface area contributed by atoms with Crippen molar-refractivity contribution in [3.63, 3.8) is 0 Å². The topological polar surface area (TPSA) is 52.6 Å². The summed E-state index contributed by atoms with van der Waals surface area (Å²) in [5.74, 6) is -0.635. The number of hydrogen-bond acceptors (Lipinski definition) is 4. The van der Waals surface area contributed by atoms with E-state index in [0.29, 0.717) is 18.8 Å². The third kappa shape index (κ3) is 4.26. The molecule has 0 saturated carbocycles. The summed E-state index contributed by atoms with van der Waals surface area (Å²) in [6.07, 6.45) is 3.41. The Balaban J connectivity index is 2.25.